The number of ketones is 1. The van der Waals surface area contributed by atoms with Gasteiger partial charge in [0.15, 0.2) is 0 Å². The van der Waals surface area contributed by atoms with Crippen molar-refractivity contribution in [3.8, 4) is 11.8 Å². The lowest BCUT2D eigenvalue weighted by Crippen LogP contribution is -2.03. The summed E-state index contributed by atoms with van der Waals surface area (Å²) in [7, 11) is 0. The van der Waals surface area contributed by atoms with Crippen LogP contribution in [-0.2, 0) is 6.61 Å². The van der Waals surface area contributed by atoms with Crippen molar-refractivity contribution in [3.05, 3.63) is 110 Å². The molecule has 0 saturated carbocycles. The van der Waals surface area contributed by atoms with Crippen LogP contribution in [0.4, 0.5) is 5.69 Å². The molecule has 0 unspecified atom stereocenters. The average Bonchev–Trinajstić information content (AvgIpc) is 2.77. The molecule has 0 N–H and O–H groups in total. The first kappa shape index (κ1) is 20.8. The van der Waals surface area contributed by atoms with Gasteiger partial charge in [-0.3, -0.25) is 14.9 Å². The molecule has 0 spiro atoms. The summed E-state index contributed by atoms with van der Waals surface area (Å²) in [5.74, 6) is -0.140. The Labute approximate surface area is 177 Å². The molecule has 0 aromatic heterocycles. The minimum Gasteiger partial charge on any atom is -0.488 e. The van der Waals surface area contributed by atoms with Crippen LogP contribution in [0.3, 0.4) is 0 Å². The fourth-order valence-corrected chi connectivity index (χ4v) is 2.91. The molecule has 0 heterocycles. The predicted octanol–water partition coefficient (Wildman–Crippen LogP) is 5.62. The number of hydrogen-bond donors (Lipinski definition) is 0. The zero-order valence-corrected chi connectivity index (χ0v) is 16.4. The highest BCUT2D eigenvalue weighted by Crippen LogP contribution is 2.25. The summed E-state index contributed by atoms with van der Waals surface area (Å²) in [4.78, 5) is 23.1. The third-order valence-electron chi connectivity index (χ3n) is 4.24. The Kier molecular flexibility index (Phi) is 6.58. The van der Waals surface area contributed by atoms with Gasteiger partial charge in [-0.15, -0.1) is 0 Å². The smallest absolute Gasteiger partial charge is 0.270 e. The first-order valence-corrected chi connectivity index (χ1v) is 9.23. The van der Waals surface area contributed by atoms with Crippen molar-refractivity contribution in [1.29, 1.82) is 5.26 Å². The number of allylic oxidation sites excluding steroid dienone is 1. The van der Waals surface area contributed by atoms with E-state index in [1.807, 2.05) is 24.3 Å². The first-order chi connectivity index (χ1) is 14.5. The number of carbonyl (C=O) groups excluding carboxylic acids is 1. The zero-order chi connectivity index (χ0) is 21.5. The number of rotatable bonds is 7. The van der Waals surface area contributed by atoms with Crippen LogP contribution in [-0.4, -0.2) is 10.7 Å². The van der Waals surface area contributed by atoms with Crippen LogP contribution < -0.4 is 4.74 Å². The van der Waals surface area contributed by atoms with Gasteiger partial charge >= 0.3 is 0 Å². The van der Waals surface area contributed by atoms with Crippen molar-refractivity contribution in [2.24, 2.45) is 0 Å². The van der Waals surface area contributed by atoms with Gasteiger partial charge in [-0.1, -0.05) is 60.1 Å². The number of nitrogens with zero attached hydrogens (tertiary/aromatic N) is 2. The Bertz CT molecular complexity index is 1180. The molecule has 3 aromatic carbocycles. The standard InChI is InChI=1S/C23H15ClN2O4/c24-21-10-3-1-7-18(21)15-30-22-11-4-2-6-16(22)12-19(14-25)23(27)17-8-5-9-20(13-17)26(28)29/h1-13H,15H2/b19-12+. The van der Waals surface area contributed by atoms with E-state index in [9.17, 15) is 20.2 Å². The summed E-state index contributed by atoms with van der Waals surface area (Å²) < 4.78 is 5.85. The second-order valence-electron chi connectivity index (χ2n) is 6.22. The number of Topliss-reactive ketones (excluding diaryl/α,β-unsaturated/α-hetero) is 1. The molecule has 0 bridgehead atoms. The molecule has 0 radical (unpaired) electrons. The van der Waals surface area contributed by atoms with Gasteiger partial charge in [0.25, 0.3) is 5.69 Å². The minimum absolute atomic E-state index is 0.0615. The second-order valence-corrected chi connectivity index (χ2v) is 6.63. The van der Waals surface area contributed by atoms with E-state index in [4.69, 9.17) is 16.3 Å². The van der Waals surface area contributed by atoms with Crippen molar-refractivity contribution in [1.82, 2.24) is 0 Å². The van der Waals surface area contributed by atoms with Gasteiger partial charge in [-0.25, -0.2) is 0 Å². The molecule has 0 aliphatic carbocycles. The van der Waals surface area contributed by atoms with Crippen LogP contribution in [0.2, 0.25) is 5.02 Å². The topological polar surface area (TPSA) is 93.2 Å². The van der Waals surface area contributed by atoms with E-state index < -0.39 is 10.7 Å². The Hall–Kier alpha value is -3.95. The highest BCUT2D eigenvalue weighted by molar-refractivity contribution is 6.31. The number of benzene rings is 3. The number of nitriles is 1. The lowest BCUT2D eigenvalue weighted by atomic mass is 10.0. The van der Waals surface area contributed by atoms with Crippen LogP contribution in [0.25, 0.3) is 6.08 Å². The number of non-ortho nitro benzene ring substituents is 1. The van der Waals surface area contributed by atoms with Crippen molar-refractivity contribution in [2.75, 3.05) is 0 Å². The average molecular weight is 419 g/mol. The maximum absolute atomic E-state index is 12.7. The molecular weight excluding hydrogens is 404 g/mol. The predicted molar refractivity (Wildman–Crippen MR) is 113 cm³/mol. The molecule has 148 valence electrons. The van der Waals surface area contributed by atoms with Gasteiger partial charge in [0.2, 0.25) is 5.78 Å². The number of para-hydroxylation sites is 1. The maximum Gasteiger partial charge on any atom is 0.270 e. The normalized spacial score (nSPS) is 10.9. The van der Waals surface area contributed by atoms with Gasteiger partial charge in [-0.2, -0.15) is 5.26 Å². The van der Waals surface area contributed by atoms with Crippen molar-refractivity contribution >= 4 is 29.1 Å². The fraction of sp³-hybridized carbons (Fsp3) is 0.0435. The number of nitro benzene ring substituents is 1. The number of carbonyl (C=O) groups is 1. The monoisotopic (exact) mass is 418 g/mol. The highest BCUT2D eigenvalue weighted by atomic mass is 35.5. The van der Waals surface area contributed by atoms with Crippen LogP contribution in [0, 0.1) is 21.4 Å². The molecule has 0 atom stereocenters. The lowest BCUT2D eigenvalue weighted by molar-refractivity contribution is -0.384. The van der Waals surface area contributed by atoms with Crippen molar-refractivity contribution < 1.29 is 14.5 Å². The highest BCUT2D eigenvalue weighted by Gasteiger charge is 2.16. The Morgan fingerprint density at radius 3 is 2.57 bits per heavy atom. The first-order valence-electron chi connectivity index (χ1n) is 8.86. The number of halogens is 1. The molecule has 6 nitrogen and oxygen atoms in total. The minimum atomic E-state index is -0.609. The molecular formula is C23H15ClN2O4. The van der Waals surface area contributed by atoms with Crippen LogP contribution in [0.5, 0.6) is 5.75 Å². The van der Waals surface area contributed by atoms with Crippen molar-refractivity contribution in [3.63, 3.8) is 0 Å². The molecule has 7 heteroatoms. The van der Waals surface area contributed by atoms with Gasteiger partial charge in [0.1, 0.15) is 24.0 Å². The molecule has 0 saturated heterocycles. The van der Waals surface area contributed by atoms with E-state index in [2.05, 4.69) is 0 Å². The fourth-order valence-electron chi connectivity index (χ4n) is 2.72. The summed E-state index contributed by atoms with van der Waals surface area (Å²) in [6.45, 7) is 0.214. The molecule has 0 aliphatic heterocycles. The van der Waals surface area contributed by atoms with E-state index in [1.54, 1.807) is 30.3 Å². The summed E-state index contributed by atoms with van der Waals surface area (Å²) >= 11 is 6.15. The summed E-state index contributed by atoms with van der Waals surface area (Å²) in [6, 6.07) is 21.4. The largest absolute Gasteiger partial charge is 0.488 e. The summed E-state index contributed by atoms with van der Waals surface area (Å²) in [6.07, 6.45) is 1.41. The second kappa shape index (κ2) is 9.50. The zero-order valence-electron chi connectivity index (χ0n) is 15.6. The molecule has 0 aliphatic rings. The van der Waals surface area contributed by atoms with Gasteiger partial charge in [0, 0.05) is 33.8 Å². The number of ether oxygens (including phenoxy) is 1. The quantitative estimate of drug-likeness (QED) is 0.163. The third kappa shape index (κ3) is 4.90. The molecule has 3 aromatic rings. The van der Waals surface area contributed by atoms with E-state index in [-0.39, 0.29) is 23.4 Å². The van der Waals surface area contributed by atoms with E-state index in [0.717, 1.165) is 11.6 Å². The summed E-state index contributed by atoms with van der Waals surface area (Å²) in [5.41, 5.74) is 1.00. The van der Waals surface area contributed by atoms with Gasteiger partial charge in [-0.05, 0) is 18.2 Å². The van der Waals surface area contributed by atoms with E-state index in [1.165, 1.54) is 24.3 Å². The van der Waals surface area contributed by atoms with E-state index in [0.29, 0.717) is 16.3 Å². The van der Waals surface area contributed by atoms with Gasteiger partial charge < -0.3 is 4.74 Å². The molecule has 0 amide bonds. The van der Waals surface area contributed by atoms with Crippen molar-refractivity contribution in [2.45, 2.75) is 6.61 Å². The number of nitro groups is 1. The SMILES string of the molecule is N#C/C(=C\c1ccccc1OCc1ccccc1Cl)C(=O)c1cccc([N+](=O)[O-])c1. The van der Waals surface area contributed by atoms with Crippen LogP contribution in [0.15, 0.2) is 78.4 Å². The van der Waals surface area contributed by atoms with E-state index >= 15 is 0 Å². The molecule has 3 rings (SSSR count). The Balaban J connectivity index is 1.88. The van der Waals surface area contributed by atoms with Gasteiger partial charge in [0.05, 0.1) is 4.92 Å². The van der Waals surface area contributed by atoms with Crippen LogP contribution >= 0.6 is 11.6 Å². The summed E-state index contributed by atoms with van der Waals surface area (Å²) in [5, 5.41) is 21.0. The Morgan fingerprint density at radius 1 is 1.10 bits per heavy atom. The lowest BCUT2D eigenvalue weighted by Gasteiger charge is -2.10. The van der Waals surface area contributed by atoms with Crippen LogP contribution in [0.1, 0.15) is 21.5 Å². The Morgan fingerprint density at radius 2 is 1.83 bits per heavy atom. The third-order valence-corrected chi connectivity index (χ3v) is 4.61. The maximum atomic E-state index is 12.7. The molecule has 30 heavy (non-hydrogen) atoms. The molecule has 0 fully saturated rings. The number of hydrogen-bond acceptors (Lipinski definition) is 5.